The van der Waals surface area contributed by atoms with Crippen LogP contribution in [0.25, 0.3) is 0 Å². The van der Waals surface area contributed by atoms with Crippen LogP contribution in [0.3, 0.4) is 0 Å². The lowest BCUT2D eigenvalue weighted by Gasteiger charge is -2.32. The summed E-state index contributed by atoms with van der Waals surface area (Å²) in [4.78, 5) is 25.6. The van der Waals surface area contributed by atoms with Gasteiger partial charge >= 0.3 is 6.03 Å². The summed E-state index contributed by atoms with van der Waals surface area (Å²) in [5.41, 5.74) is 1.92. The molecular formula is C18H22F2N6O. The van der Waals surface area contributed by atoms with Gasteiger partial charge in [0.25, 0.3) is 0 Å². The molecule has 0 unspecified atom stereocenters. The molecule has 2 aromatic rings. The van der Waals surface area contributed by atoms with E-state index >= 15 is 0 Å². The third-order valence-electron chi connectivity index (χ3n) is 4.46. The normalized spacial score (nSPS) is 14.9. The van der Waals surface area contributed by atoms with Gasteiger partial charge in [0.15, 0.2) is 11.6 Å². The fraction of sp³-hybridized carbons (Fsp3) is 0.389. The Morgan fingerprint density at radius 3 is 2.22 bits per heavy atom. The number of urea groups is 1. The molecular weight excluding hydrogens is 354 g/mol. The minimum Gasteiger partial charge on any atom is -0.338 e. The SMILES string of the molecule is Cc1nc(N2CCN(C)CC2)nc(C)c1NC(=O)Nc1ccc(F)c(F)c1. The minimum absolute atomic E-state index is 0.150. The average molecular weight is 376 g/mol. The molecule has 27 heavy (non-hydrogen) atoms. The number of likely N-dealkylation sites (N-methyl/N-ethyl adjacent to an activating group) is 1. The summed E-state index contributed by atoms with van der Waals surface area (Å²) in [5.74, 6) is -1.36. The van der Waals surface area contributed by atoms with E-state index in [0.717, 1.165) is 38.3 Å². The Labute approximate surface area is 156 Å². The van der Waals surface area contributed by atoms with Gasteiger partial charge in [0.2, 0.25) is 5.95 Å². The Hall–Kier alpha value is -2.81. The molecule has 7 nitrogen and oxygen atoms in total. The van der Waals surface area contributed by atoms with Crippen LogP contribution in [0.2, 0.25) is 0 Å². The third kappa shape index (κ3) is 4.48. The second-order valence-electron chi connectivity index (χ2n) is 6.57. The lowest BCUT2D eigenvalue weighted by atomic mass is 10.2. The molecule has 2 heterocycles. The number of anilines is 3. The summed E-state index contributed by atoms with van der Waals surface area (Å²) in [6.07, 6.45) is 0. The van der Waals surface area contributed by atoms with Crippen LogP contribution in [-0.4, -0.2) is 54.1 Å². The number of benzene rings is 1. The van der Waals surface area contributed by atoms with Crippen molar-refractivity contribution in [1.82, 2.24) is 14.9 Å². The number of carbonyl (C=O) groups excluding carboxylic acids is 1. The second kappa shape index (κ2) is 7.83. The van der Waals surface area contributed by atoms with Crippen LogP contribution in [0.5, 0.6) is 0 Å². The molecule has 0 aliphatic carbocycles. The number of hydrogen-bond acceptors (Lipinski definition) is 5. The Kier molecular flexibility index (Phi) is 5.50. The van der Waals surface area contributed by atoms with Gasteiger partial charge in [-0.05, 0) is 33.0 Å². The first-order valence-corrected chi connectivity index (χ1v) is 8.65. The average Bonchev–Trinajstić information content (AvgIpc) is 2.62. The fourth-order valence-corrected chi connectivity index (χ4v) is 2.88. The molecule has 2 amide bonds. The van der Waals surface area contributed by atoms with E-state index in [1.165, 1.54) is 6.07 Å². The number of piperazine rings is 1. The third-order valence-corrected chi connectivity index (χ3v) is 4.46. The molecule has 1 aromatic heterocycles. The molecule has 2 N–H and O–H groups in total. The summed E-state index contributed by atoms with van der Waals surface area (Å²) in [6.45, 7) is 7.16. The molecule has 0 saturated carbocycles. The smallest absolute Gasteiger partial charge is 0.323 e. The van der Waals surface area contributed by atoms with Crippen molar-refractivity contribution in [2.75, 3.05) is 48.8 Å². The zero-order chi connectivity index (χ0) is 19.6. The predicted octanol–water partition coefficient (Wildman–Crippen LogP) is 2.77. The van der Waals surface area contributed by atoms with Gasteiger partial charge in [-0.2, -0.15) is 0 Å². The topological polar surface area (TPSA) is 73.4 Å². The maximum Gasteiger partial charge on any atom is 0.323 e. The van der Waals surface area contributed by atoms with Crippen LogP contribution in [0.4, 0.5) is 30.9 Å². The van der Waals surface area contributed by atoms with Gasteiger partial charge in [-0.25, -0.2) is 23.5 Å². The largest absolute Gasteiger partial charge is 0.338 e. The Morgan fingerprint density at radius 2 is 1.63 bits per heavy atom. The molecule has 0 spiro atoms. The van der Waals surface area contributed by atoms with E-state index in [4.69, 9.17) is 0 Å². The van der Waals surface area contributed by atoms with Crippen molar-refractivity contribution < 1.29 is 13.6 Å². The minimum atomic E-state index is -1.03. The summed E-state index contributed by atoms with van der Waals surface area (Å²) >= 11 is 0. The first kappa shape index (κ1) is 19.0. The summed E-state index contributed by atoms with van der Waals surface area (Å²) in [5, 5.41) is 5.15. The van der Waals surface area contributed by atoms with Gasteiger partial charge < -0.3 is 20.4 Å². The molecule has 1 fully saturated rings. The van der Waals surface area contributed by atoms with Gasteiger partial charge in [0.05, 0.1) is 17.1 Å². The Balaban J connectivity index is 1.71. The van der Waals surface area contributed by atoms with Gasteiger partial charge in [-0.3, -0.25) is 0 Å². The van der Waals surface area contributed by atoms with Crippen molar-refractivity contribution in [2.45, 2.75) is 13.8 Å². The highest BCUT2D eigenvalue weighted by Crippen LogP contribution is 2.22. The number of halogens is 2. The highest BCUT2D eigenvalue weighted by atomic mass is 19.2. The lowest BCUT2D eigenvalue weighted by molar-refractivity contribution is 0.262. The summed E-state index contributed by atoms with van der Waals surface area (Å²) in [7, 11) is 2.08. The Morgan fingerprint density at radius 1 is 1.00 bits per heavy atom. The van der Waals surface area contributed by atoms with Crippen LogP contribution in [0, 0.1) is 25.5 Å². The molecule has 3 rings (SSSR count). The highest BCUT2D eigenvalue weighted by molar-refractivity contribution is 6.00. The Bertz CT molecular complexity index is 829. The molecule has 1 saturated heterocycles. The van der Waals surface area contributed by atoms with E-state index in [1.807, 2.05) is 0 Å². The number of aromatic nitrogens is 2. The molecule has 1 aromatic carbocycles. The van der Waals surface area contributed by atoms with E-state index in [9.17, 15) is 13.6 Å². The molecule has 1 aliphatic heterocycles. The second-order valence-corrected chi connectivity index (χ2v) is 6.57. The molecule has 0 bridgehead atoms. The fourth-order valence-electron chi connectivity index (χ4n) is 2.88. The van der Waals surface area contributed by atoms with Crippen molar-refractivity contribution in [1.29, 1.82) is 0 Å². The van der Waals surface area contributed by atoms with E-state index < -0.39 is 17.7 Å². The zero-order valence-corrected chi connectivity index (χ0v) is 15.5. The van der Waals surface area contributed by atoms with Crippen molar-refractivity contribution in [3.05, 3.63) is 41.2 Å². The number of aryl methyl sites for hydroxylation is 2. The van der Waals surface area contributed by atoms with Crippen molar-refractivity contribution in [2.24, 2.45) is 0 Å². The molecule has 144 valence electrons. The lowest BCUT2D eigenvalue weighted by Crippen LogP contribution is -2.45. The van der Waals surface area contributed by atoms with Gasteiger partial charge in [-0.15, -0.1) is 0 Å². The number of carbonyl (C=O) groups is 1. The van der Waals surface area contributed by atoms with Crippen molar-refractivity contribution in [3.8, 4) is 0 Å². The van der Waals surface area contributed by atoms with Crippen molar-refractivity contribution >= 4 is 23.4 Å². The standard InChI is InChI=1S/C18H22F2N6O/c1-11-16(24-18(27)23-13-4-5-14(19)15(20)10-13)12(2)22-17(21-11)26-8-6-25(3)7-9-26/h4-5,10H,6-9H2,1-3H3,(H2,23,24,27). The van der Waals surface area contributed by atoms with E-state index in [-0.39, 0.29) is 5.69 Å². The number of hydrogen-bond donors (Lipinski definition) is 2. The number of amides is 2. The van der Waals surface area contributed by atoms with E-state index in [1.54, 1.807) is 13.8 Å². The maximum atomic E-state index is 13.3. The molecule has 0 atom stereocenters. The van der Waals surface area contributed by atoms with Crippen LogP contribution < -0.4 is 15.5 Å². The van der Waals surface area contributed by atoms with E-state index in [0.29, 0.717) is 23.0 Å². The van der Waals surface area contributed by atoms with E-state index in [2.05, 4.69) is 37.4 Å². The molecule has 0 radical (unpaired) electrons. The summed E-state index contributed by atoms with van der Waals surface area (Å²) in [6, 6.07) is 2.57. The molecule has 9 heteroatoms. The first-order chi connectivity index (χ1) is 12.8. The quantitative estimate of drug-likeness (QED) is 0.862. The van der Waals surface area contributed by atoms with Gasteiger partial charge in [-0.1, -0.05) is 0 Å². The van der Waals surface area contributed by atoms with Crippen LogP contribution >= 0.6 is 0 Å². The maximum absolute atomic E-state index is 13.3. The first-order valence-electron chi connectivity index (χ1n) is 8.65. The predicted molar refractivity (Wildman–Crippen MR) is 100 cm³/mol. The molecule has 1 aliphatic rings. The number of nitrogens with zero attached hydrogens (tertiary/aromatic N) is 4. The van der Waals surface area contributed by atoms with Crippen LogP contribution in [-0.2, 0) is 0 Å². The zero-order valence-electron chi connectivity index (χ0n) is 15.5. The van der Waals surface area contributed by atoms with Crippen molar-refractivity contribution in [3.63, 3.8) is 0 Å². The van der Waals surface area contributed by atoms with Gasteiger partial charge in [0, 0.05) is 37.9 Å². The highest BCUT2D eigenvalue weighted by Gasteiger charge is 2.19. The summed E-state index contributed by atoms with van der Waals surface area (Å²) < 4.78 is 26.2. The number of rotatable bonds is 3. The van der Waals surface area contributed by atoms with Crippen LogP contribution in [0.15, 0.2) is 18.2 Å². The monoisotopic (exact) mass is 376 g/mol. The number of nitrogens with one attached hydrogen (secondary N) is 2. The van der Waals surface area contributed by atoms with Crippen LogP contribution in [0.1, 0.15) is 11.4 Å². The van der Waals surface area contributed by atoms with Gasteiger partial charge in [0.1, 0.15) is 0 Å².